The van der Waals surface area contributed by atoms with Crippen LogP contribution in [0.3, 0.4) is 0 Å². The van der Waals surface area contributed by atoms with E-state index in [0.29, 0.717) is 44.0 Å². The van der Waals surface area contributed by atoms with Crippen LogP contribution in [0.25, 0.3) is 27.8 Å². The minimum absolute atomic E-state index is 0.325. The number of pyridine rings is 2. The van der Waals surface area contributed by atoms with Gasteiger partial charge in [0.15, 0.2) is 5.82 Å². The van der Waals surface area contributed by atoms with Gasteiger partial charge in [0.2, 0.25) is 5.95 Å². The van der Waals surface area contributed by atoms with Gasteiger partial charge < -0.3 is 15.4 Å². The molecule has 6 heterocycles. The van der Waals surface area contributed by atoms with Gasteiger partial charge in [-0.05, 0) is 36.8 Å². The molecule has 0 saturated carbocycles. The first-order valence-corrected chi connectivity index (χ1v) is 11.2. The topological polar surface area (TPSA) is 92.5 Å². The number of fused-ring (bicyclic) bond motifs is 2. The van der Waals surface area contributed by atoms with E-state index in [9.17, 15) is 4.39 Å². The quantitative estimate of drug-likeness (QED) is 0.481. The van der Waals surface area contributed by atoms with Gasteiger partial charge in [-0.1, -0.05) is 0 Å². The summed E-state index contributed by atoms with van der Waals surface area (Å²) in [5.74, 6) is 1.05. The molecule has 2 atom stereocenters. The summed E-state index contributed by atoms with van der Waals surface area (Å²) < 4.78 is 21.9. The zero-order valence-electron chi connectivity index (χ0n) is 18.3. The first-order valence-electron chi connectivity index (χ1n) is 11.2. The molecule has 4 aromatic rings. The van der Waals surface area contributed by atoms with Crippen LogP contribution in [-0.4, -0.2) is 81.1 Å². The number of rotatable bonds is 5. The van der Waals surface area contributed by atoms with Gasteiger partial charge in [0.05, 0.1) is 42.0 Å². The summed E-state index contributed by atoms with van der Waals surface area (Å²) in [4.78, 5) is 15.9. The van der Waals surface area contributed by atoms with Gasteiger partial charge >= 0.3 is 0 Å². The molecule has 2 N–H and O–H groups in total. The van der Waals surface area contributed by atoms with E-state index in [4.69, 9.17) is 9.72 Å². The molecule has 6 rings (SSSR count). The van der Waals surface area contributed by atoms with Gasteiger partial charge in [-0.15, -0.1) is 5.10 Å². The van der Waals surface area contributed by atoms with Crippen LogP contribution in [-0.2, 0) is 4.74 Å². The number of hydrogen-bond acceptors (Lipinski definition) is 8. The van der Waals surface area contributed by atoms with E-state index in [2.05, 4.69) is 30.6 Å². The number of anilines is 2. The van der Waals surface area contributed by atoms with E-state index in [0.717, 1.165) is 34.4 Å². The largest absolute Gasteiger partial charge is 0.378 e. The Morgan fingerprint density at radius 3 is 2.82 bits per heavy atom. The van der Waals surface area contributed by atoms with E-state index < -0.39 is 6.17 Å². The molecule has 0 spiro atoms. The number of nitrogens with one attached hydrogen (secondary N) is 2. The van der Waals surface area contributed by atoms with Gasteiger partial charge in [-0.25, -0.2) is 13.9 Å². The first kappa shape index (κ1) is 20.3. The van der Waals surface area contributed by atoms with Gasteiger partial charge in [0.25, 0.3) is 0 Å². The van der Waals surface area contributed by atoms with Gasteiger partial charge in [0.1, 0.15) is 11.7 Å². The Hall–Kier alpha value is -3.37. The summed E-state index contributed by atoms with van der Waals surface area (Å²) >= 11 is 0. The number of hydrogen-bond donors (Lipinski definition) is 2. The third-order valence-corrected chi connectivity index (χ3v) is 6.50. The van der Waals surface area contributed by atoms with Crippen molar-refractivity contribution in [1.29, 1.82) is 0 Å². The number of ether oxygens (including phenoxy) is 1. The predicted octanol–water partition coefficient (Wildman–Crippen LogP) is 2.60. The highest BCUT2D eigenvalue weighted by atomic mass is 19.1. The highest BCUT2D eigenvalue weighted by Gasteiger charge is 2.35. The molecule has 0 aliphatic carbocycles. The molecule has 0 radical (unpaired) electrons. The summed E-state index contributed by atoms with van der Waals surface area (Å²) in [5, 5.41) is 11.0. The maximum atomic E-state index is 14.9. The lowest BCUT2D eigenvalue weighted by atomic mass is 10.0. The molecular formula is C23H25FN8O. The first-order chi connectivity index (χ1) is 16.2. The number of nitrogens with zero attached hydrogens (tertiary/aromatic N) is 6. The third-order valence-electron chi connectivity index (χ3n) is 6.50. The van der Waals surface area contributed by atoms with Crippen LogP contribution < -0.4 is 10.6 Å². The van der Waals surface area contributed by atoms with E-state index in [1.165, 1.54) is 0 Å². The van der Waals surface area contributed by atoms with Crippen molar-refractivity contribution in [2.24, 2.45) is 0 Å². The lowest BCUT2D eigenvalue weighted by Crippen LogP contribution is -2.57. The Balaban J connectivity index is 1.28. The van der Waals surface area contributed by atoms with Crippen LogP contribution >= 0.6 is 0 Å². The Morgan fingerprint density at radius 2 is 2.03 bits per heavy atom. The van der Waals surface area contributed by atoms with Crippen molar-refractivity contribution in [2.45, 2.75) is 24.7 Å². The maximum absolute atomic E-state index is 14.9. The van der Waals surface area contributed by atoms with E-state index in [1.54, 1.807) is 10.7 Å². The van der Waals surface area contributed by atoms with Crippen LogP contribution in [0, 0.1) is 0 Å². The lowest BCUT2D eigenvalue weighted by Gasteiger charge is -2.42. The van der Waals surface area contributed by atoms with E-state index >= 15 is 0 Å². The molecule has 33 heavy (non-hydrogen) atoms. The van der Waals surface area contributed by atoms with Crippen molar-refractivity contribution in [3.8, 4) is 11.3 Å². The van der Waals surface area contributed by atoms with Crippen molar-refractivity contribution < 1.29 is 9.13 Å². The highest BCUT2D eigenvalue weighted by Crippen LogP contribution is 2.30. The molecular weight excluding hydrogens is 423 g/mol. The SMILES string of the molecule is CNc1nc(N[C@H]2CCN(C3COC3)C[C@@H]2F)nn2ccc(-c3ccc4ncccc4n3)c12. The zero-order chi connectivity index (χ0) is 22.4. The fourth-order valence-electron chi connectivity index (χ4n) is 4.60. The van der Waals surface area contributed by atoms with Gasteiger partial charge in [-0.3, -0.25) is 9.88 Å². The standard InChI is InChI=1S/C23H25FN8O/c1-25-22-21-15(17-4-5-19-20(27-17)3-2-8-26-19)6-10-32(21)30-23(29-22)28-18-7-9-31(11-16(18)24)14-12-33-13-14/h2-6,8,10,14,16,18H,7,9,11-13H2,1H3,(H2,25,28,29,30)/t16-,18-/m0/s1. The number of halogens is 1. The average Bonchev–Trinajstić information content (AvgIpc) is 3.23. The molecule has 170 valence electrons. The molecule has 2 aliphatic rings. The van der Waals surface area contributed by atoms with Crippen LogP contribution in [0.1, 0.15) is 6.42 Å². The molecule has 2 saturated heterocycles. The third kappa shape index (κ3) is 3.65. The Labute approximate surface area is 190 Å². The minimum Gasteiger partial charge on any atom is -0.378 e. The van der Waals surface area contributed by atoms with E-state index in [1.807, 2.05) is 43.6 Å². The van der Waals surface area contributed by atoms with Crippen LogP contribution in [0.5, 0.6) is 0 Å². The van der Waals surface area contributed by atoms with Crippen molar-refractivity contribution in [1.82, 2.24) is 29.5 Å². The molecule has 4 aromatic heterocycles. The van der Waals surface area contributed by atoms with Crippen molar-refractivity contribution in [2.75, 3.05) is 44.0 Å². The second-order valence-corrected chi connectivity index (χ2v) is 8.54. The number of aromatic nitrogens is 5. The highest BCUT2D eigenvalue weighted by molar-refractivity contribution is 5.89. The minimum atomic E-state index is -0.993. The summed E-state index contributed by atoms with van der Waals surface area (Å²) in [6.07, 6.45) is 3.33. The number of likely N-dealkylation sites (tertiary alicyclic amines) is 1. The summed E-state index contributed by atoms with van der Waals surface area (Å²) in [6.45, 7) is 2.65. The second kappa shape index (κ2) is 8.20. The average molecular weight is 449 g/mol. The molecule has 0 unspecified atom stereocenters. The molecule has 10 heteroatoms. The van der Waals surface area contributed by atoms with Gasteiger partial charge in [0, 0.05) is 38.1 Å². The van der Waals surface area contributed by atoms with Crippen LogP contribution in [0.4, 0.5) is 16.2 Å². The van der Waals surface area contributed by atoms with Gasteiger partial charge in [-0.2, -0.15) is 4.98 Å². The van der Waals surface area contributed by atoms with Crippen molar-refractivity contribution in [3.63, 3.8) is 0 Å². The monoisotopic (exact) mass is 448 g/mol. The normalized spacial score (nSPS) is 21.9. The molecule has 9 nitrogen and oxygen atoms in total. The second-order valence-electron chi connectivity index (χ2n) is 8.54. The Bertz CT molecular complexity index is 1310. The Kier molecular flexibility index (Phi) is 5.03. The fourth-order valence-corrected chi connectivity index (χ4v) is 4.60. The fraction of sp³-hybridized carbons (Fsp3) is 0.391. The number of piperidine rings is 1. The molecule has 0 amide bonds. The van der Waals surface area contributed by atoms with Crippen LogP contribution in [0.2, 0.25) is 0 Å². The number of alkyl halides is 1. The maximum Gasteiger partial charge on any atom is 0.243 e. The van der Waals surface area contributed by atoms with Crippen molar-refractivity contribution >= 4 is 28.3 Å². The Morgan fingerprint density at radius 1 is 1.12 bits per heavy atom. The summed E-state index contributed by atoms with van der Waals surface area (Å²) in [6, 6.07) is 9.72. The predicted molar refractivity (Wildman–Crippen MR) is 124 cm³/mol. The van der Waals surface area contributed by atoms with E-state index in [-0.39, 0.29) is 6.04 Å². The molecule has 2 fully saturated rings. The zero-order valence-corrected chi connectivity index (χ0v) is 18.3. The smallest absolute Gasteiger partial charge is 0.243 e. The lowest BCUT2D eigenvalue weighted by molar-refractivity contribution is -0.0794. The molecule has 0 bridgehead atoms. The summed E-state index contributed by atoms with van der Waals surface area (Å²) in [7, 11) is 1.82. The summed E-state index contributed by atoms with van der Waals surface area (Å²) in [5.41, 5.74) is 4.22. The molecule has 0 aromatic carbocycles. The van der Waals surface area contributed by atoms with Crippen molar-refractivity contribution in [3.05, 3.63) is 42.7 Å². The molecule has 2 aliphatic heterocycles. The van der Waals surface area contributed by atoms with Crippen LogP contribution in [0.15, 0.2) is 42.7 Å².